The maximum absolute atomic E-state index is 13.4. The fraction of sp³-hybridized carbons (Fsp3) is 0.586. The quantitative estimate of drug-likeness (QED) is 0.354. The number of nitrogens with one attached hydrogen (secondary N) is 2. The van der Waals surface area contributed by atoms with Crippen LogP contribution in [-0.2, 0) is 37.6 Å². The lowest BCUT2D eigenvalue weighted by Crippen LogP contribution is -2.47. The molecule has 0 amide bonds. The molecule has 0 saturated carbocycles. The van der Waals surface area contributed by atoms with E-state index in [-0.39, 0.29) is 36.2 Å². The average Bonchev–Trinajstić information content (AvgIpc) is 3.37. The second-order valence-corrected chi connectivity index (χ2v) is 15.0. The van der Waals surface area contributed by atoms with Crippen LogP contribution in [0.2, 0.25) is 0 Å². The molecule has 2 aromatic carbocycles. The van der Waals surface area contributed by atoms with Gasteiger partial charge in [-0.05, 0) is 80.3 Å². The van der Waals surface area contributed by atoms with Crippen molar-refractivity contribution in [1.29, 1.82) is 0 Å². The molecule has 2 unspecified atom stereocenters. The van der Waals surface area contributed by atoms with E-state index in [0.29, 0.717) is 43.2 Å². The summed E-state index contributed by atoms with van der Waals surface area (Å²) in [6.07, 6.45) is 5.45. The zero-order chi connectivity index (χ0) is 29.1. The lowest BCUT2D eigenvalue weighted by molar-refractivity contribution is -0.0312. The zero-order valence-electron chi connectivity index (χ0n) is 23.5. The first-order valence-corrected chi connectivity index (χ1v) is 17.4. The molecule has 2 aliphatic heterocycles. The molecule has 2 fully saturated rings. The Morgan fingerprint density at radius 3 is 2.56 bits per heavy atom. The molecular formula is C29H41N3O7S2. The van der Waals surface area contributed by atoms with Crippen LogP contribution in [0.15, 0.2) is 52.3 Å². The minimum atomic E-state index is -3.59. The monoisotopic (exact) mass is 607 g/mol. The average molecular weight is 608 g/mol. The lowest BCUT2D eigenvalue weighted by Gasteiger charge is -2.38. The molecule has 226 valence electrons. The Morgan fingerprint density at radius 2 is 1.80 bits per heavy atom. The van der Waals surface area contributed by atoms with Gasteiger partial charge < -0.3 is 19.9 Å². The van der Waals surface area contributed by atoms with Crippen LogP contribution in [0.5, 0.6) is 5.75 Å². The predicted octanol–water partition coefficient (Wildman–Crippen LogP) is 2.21. The molecule has 0 aromatic heterocycles. The second-order valence-electron chi connectivity index (χ2n) is 11.3. The Labute approximate surface area is 243 Å². The molecule has 3 N–H and O–H groups in total. The smallest absolute Gasteiger partial charge is 0.243 e. The first kappa shape index (κ1) is 30.4. The van der Waals surface area contributed by atoms with Crippen molar-refractivity contribution >= 4 is 20.0 Å². The Hall–Kier alpha value is -2.06. The van der Waals surface area contributed by atoms with Crippen molar-refractivity contribution in [2.75, 3.05) is 39.4 Å². The van der Waals surface area contributed by atoms with E-state index in [1.165, 1.54) is 17.7 Å². The number of nitrogens with zero attached hydrogens (tertiary/aromatic N) is 1. The van der Waals surface area contributed by atoms with Gasteiger partial charge in [0.05, 0.1) is 22.0 Å². The summed E-state index contributed by atoms with van der Waals surface area (Å²) in [5.74, 6) is 0.364. The first-order valence-electron chi connectivity index (χ1n) is 14.5. The largest absolute Gasteiger partial charge is 0.491 e. The second kappa shape index (κ2) is 12.7. The number of aliphatic hydroxyl groups excluding tert-OH is 1. The molecular weight excluding hydrogens is 566 g/mol. The number of fused-ring (bicyclic) bond motifs is 1. The zero-order valence-corrected chi connectivity index (χ0v) is 25.2. The van der Waals surface area contributed by atoms with Gasteiger partial charge in [-0.2, -0.15) is 4.31 Å². The molecule has 12 heteroatoms. The summed E-state index contributed by atoms with van der Waals surface area (Å²) in [6, 6.07) is 11.8. The van der Waals surface area contributed by atoms with Gasteiger partial charge in [-0.25, -0.2) is 21.6 Å². The first-order chi connectivity index (χ1) is 19.6. The Kier molecular flexibility index (Phi) is 9.39. The number of hydrogen-bond donors (Lipinski definition) is 3. The van der Waals surface area contributed by atoms with Crippen molar-refractivity contribution in [3.8, 4) is 5.75 Å². The molecule has 5 rings (SSSR count). The summed E-state index contributed by atoms with van der Waals surface area (Å²) in [5.41, 5.74) is 2.07. The van der Waals surface area contributed by atoms with Gasteiger partial charge in [0.1, 0.15) is 18.5 Å². The molecule has 2 saturated heterocycles. The van der Waals surface area contributed by atoms with Gasteiger partial charge in [-0.1, -0.05) is 19.1 Å². The third-order valence-corrected chi connectivity index (χ3v) is 11.8. The summed E-state index contributed by atoms with van der Waals surface area (Å²) in [7, 11) is -7.13. The number of ether oxygens (including phenoxy) is 2. The van der Waals surface area contributed by atoms with E-state index in [9.17, 15) is 21.9 Å². The van der Waals surface area contributed by atoms with E-state index in [2.05, 4.69) is 10.0 Å². The highest BCUT2D eigenvalue weighted by atomic mass is 32.2. The number of hydrogen-bond acceptors (Lipinski definition) is 8. The third-order valence-electron chi connectivity index (χ3n) is 8.34. The van der Waals surface area contributed by atoms with E-state index in [1.807, 2.05) is 12.1 Å². The van der Waals surface area contributed by atoms with Crippen molar-refractivity contribution in [1.82, 2.24) is 14.3 Å². The number of benzene rings is 2. The van der Waals surface area contributed by atoms with E-state index in [1.54, 1.807) is 29.4 Å². The van der Waals surface area contributed by atoms with Crippen LogP contribution >= 0.6 is 0 Å². The highest BCUT2D eigenvalue weighted by molar-refractivity contribution is 7.89. The van der Waals surface area contributed by atoms with Crippen LogP contribution in [-0.4, -0.2) is 83.4 Å². The summed E-state index contributed by atoms with van der Waals surface area (Å²) >= 11 is 0. The number of sulfonamides is 2. The van der Waals surface area contributed by atoms with Crippen LogP contribution in [0.3, 0.4) is 0 Å². The molecule has 1 spiro atoms. The molecule has 0 radical (unpaired) electrons. The van der Waals surface area contributed by atoms with E-state index in [4.69, 9.17) is 9.47 Å². The molecule has 2 heterocycles. The maximum Gasteiger partial charge on any atom is 0.243 e. The number of piperidine rings is 1. The summed E-state index contributed by atoms with van der Waals surface area (Å²) in [5, 5.41) is 13.8. The van der Waals surface area contributed by atoms with Crippen LogP contribution in [0.1, 0.15) is 50.2 Å². The van der Waals surface area contributed by atoms with Gasteiger partial charge in [0.25, 0.3) is 0 Å². The van der Waals surface area contributed by atoms with E-state index < -0.39 is 26.2 Å². The summed E-state index contributed by atoms with van der Waals surface area (Å²) in [4.78, 5) is 0.502. The lowest BCUT2D eigenvalue weighted by atomic mass is 9.88. The highest BCUT2D eigenvalue weighted by Crippen LogP contribution is 2.37. The Morgan fingerprint density at radius 1 is 1.05 bits per heavy atom. The molecule has 1 aliphatic carbocycles. The van der Waals surface area contributed by atoms with Crippen molar-refractivity contribution < 1.29 is 31.4 Å². The maximum atomic E-state index is 13.4. The SMILES string of the molecule is CCNS(=O)(=O)c1cccc(OCC(O)CNC2COC3(CCN(S(=O)(=O)c4ccc5c(c4)CCCC5)CC3)C2)c1. The summed E-state index contributed by atoms with van der Waals surface area (Å²) in [6.45, 7) is 3.63. The van der Waals surface area contributed by atoms with Crippen LogP contribution < -0.4 is 14.8 Å². The molecule has 2 atom stereocenters. The number of aliphatic hydroxyl groups is 1. The molecule has 41 heavy (non-hydrogen) atoms. The summed E-state index contributed by atoms with van der Waals surface area (Å²) < 4.78 is 67.1. The van der Waals surface area contributed by atoms with Crippen molar-refractivity contribution in [3.05, 3.63) is 53.6 Å². The Bertz CT molecular complexity index is 1420. The molecule has 0 bridgehead atoms. The molecule has 10 nitrogen and oxygen atoms in total. The Balaban J connectivity index is 1.08. The van der Waals surface area contributed by atoms with Crippen LogP contribution in [0.25, 0.3) is 0 Å². The predicted molar refractivity (Wildman–Crippen MR) is 155 cm³/mol. The number of rotatable bonds is 11. The van der Waals surface area contributed by atoms with Gasteiger partial charge in [0.2, 0.25) is 20.0 Å². The topological polar surface area (TPSA) is 134 Å². The van der Waals surface area contributed by atoms with Gasteiger partial charge in [-0.3, -0.25) is 0 Å². The van der Waals surface area contributed by atoms with E-state index >= 15 is 0 Å². The van der Waals surface area contributed by atoms with Gasteiger partial charge in [0.15, 0.2) is 0 Å². The minimum absolute atomic E-state index is 0.00589. The minimum Gasteiger partial charge on any atom is -0.491 e. The van der Waals surface area contributed by atoms with Gasteiger partial charge >= 0.3 is 0 Å². The van der Waals surface area contributed by atoms with Crippen LogP contribution in [0.4, 0.5) is 0 Å². The van der Waals surface area contributed by atoms with E-state index in [0.717, 1.165) is 37.7 Å². The number of aryl methyl sites for hydroxylation is 2. The standard InChI is InChI=1S/C29H41N3O7S2/c1-2-31-40(34,35)27-9-5-8-26(17-27)38-21-25(33)19-30-24-18-29(39-20-24)12-14-32(15-13-29)41(36,37)28-11-10-22-6-3-4-7-23(22)16-28/h5,8-11,16-17,24-25,30-31,33H,2-4,6-7,12-15,18-21H2,1H3. The van der Waals surface area contributed by atoms with Crippen molar-refractivity contribution in [2.24, 2.45) is 0 Å². The fourth-order valence-corrected chi connectivity index (χ4v) is 8.60. The van der Waals surface area contributed by atoms with Gasteiger partial charge in [0, 0.05) is 38.3 Å². The highest BCUT2D eigenvalue weighted by Gasteiger charge is 2.44. The normalized spacial score (nSPS) is 22.0. The fourth-order valence-electron chi connectivity index (χ4n) is 6.04. The third kappa shape index (κ3) is 7.12. The molecule has 3 aliphatic rings. The van der Waals surface area contributed by atoms with Crippen molar-refractivity contribution in [2.45, 2.75) is 79.4 Å². The van der Waals surface area contributed by atoms with Crippen molar-refractivity contribution in [3.63, 3.8) is 0 Å². The van der Waals surface area contributed by atoms with Crippen LogP contribution in [0, 0.1) is 0 Å². The van der Waals surface area contributed by atoms with Gasteiger partial charge in [-0.15, -0.1) is 0 Å². The molecule has 2 aromatic rings.